The van der Waals surface area contributed by atoms with Gasteiger partial charge in [0.15, 0.2) is 5.82 Å². The highest BCUT2D eigenvalue weighted by molar-refractivity contribution is 5.69. The molecule has 0 spiro atoms. The maximum Gasteiger partial charge on any atom is 0.306 e. The number of hydrogen-bond acceptors (Lipinski definition) is 6. The molecule has 2 rings (SSSR count). The molecule has 112 valence electrons. The van der Waals surface area contributed by atoms with Crippen LogP contribution in [0.1, 0.15) is 12.2 Å². The van der Waals surface area contributed by atoms with Gasteiger partial charge < -0.3 is 9.26 Å². The number of hydrogen-bond donors (Lipinski definition) is 0. The molecule has 21 heavy (non-hydrogen) atoms. The topological polar surface area (TPSA) is 68.5 Å². The van der Waals surface area contributed by atoms with E-state index >= 15 is 0 Å². The third kappa shape index (κ3) is 4.35. The van der Waals surface area contributed by atoms with Crippen LogP contribution in [-0.2, 0) is 16.1 Å². The maximum absolute atomic E-state index is 12.8. The second-order valence-corrected chi connectivity index (χ2v) is 4.59. The summed E-state index contributed by atoms with van der Waals surface area (Å²) in [5, 5.41) is 3.86. The van der Waals surface area contributed by atoms with Gasteiger partial charge in [0.25, 0.3) is 5.89 Å². The van der Waals surface area contributed by atoms with Crippen molar-refractivity contribution >= 4 is 5.97 Å². The number of rotatable bonds is 6. The summed E-state index contributed by atoms with van der Waals surface area (Å²) in [7, 11) is 3.20. The van der Waals surface area contributed by atoms with Gasteiger partial charge in [-0.2, -0.15) is 4.98 Å². The molecule has 0 fully saturated rings. The number of ether oxygens (including phenoxy) is 1. The summed E-state index contributed by atoms with van der Waals surface area (Å²) < 4.78 is 22.6. The molecule has 7 heteroatoms. The Kier molecular flexibility index (Phi) is 4.99. The predicted molar refractivity (Wildman–Crippen MR) is 72.7 cm³/mol. The smallest absolute Gasteiger partial charge is 0.306 e. The van der Waals surface area contributed by atoms with Crippen LogP contribution in [0, 0.1) is 5.82 Å². The molecular weight excluding hydrogens is 277 g/mol. The van der Waals surface area contributed by atoms with Gasteiger partial charge in [0.1, 0.15) is 5.82 Å². The Balaban J connectivity index is 1.93. The second-order valence-electron chi connectivity index (χ2n) is 4.59. The molecule has 0 unspecified atom stereocenters. The third-order valence-electron chi connectivity index (χ3n) is 2.90. The van der Waals surface area contributed by atoms with E-state index < -0.39 is 0 Å². The van der Waals surface area contributed by atoms with Crippen LogP contribution in [0.2, 0.25) is 0 Å². The average Bonchev–Trinajstić information content (AvgIpc) is 2.94. The molecule has 1 aromatic carbocycles. The van der Waals surface area contributed by atoms with Crippen molar-refractivity contribution in [3.05, 3.63) is 35.9 Å². The van der Waals surface area contributed by atoms with Gasteiger partial charge in [0, 0.05) is 12.1 Å². The van der Waals surface area contributed by atoms with Gasteiger partial charge in [-0.1, -0.05) is 5.16 Å². The van der Waals surface area contributed by atoms with E-state index in [0.29, 0.717) is 36.8 Å². The largest absolute Gasteiger partial charge is 0.469 e. The molecule has 6 nitrogen and oxygen atoms in total. The van der Waals surface area contributed by atoms with Gasteiger partial charge in [0.05, 0.1) is 20.1 Å². The lowest BCUT2D eigenvalue weighted by Crippen LogP contribution is -2.22. The zero-order valence-electron chi connectivity index (χ0n) is 11.9. The van der Waals surface area contributed by atoms with Gasteiger partial charge in [-0.05, 0) is 31.3 Å². The van der Waals surface area contributed by atoms with E-state index in [2.05, 4.69) is 14.9 Å². The monoisotopic (exact) mass is 293 g/mol. The Bertz CT molecular complexity index is 598. The molecule has 0 amide bonds. The lowest BCUT2D eigenvalue weighted by atomic mass is 10.2. The van der Waals surface area contributed by atoms with Crippen molar-refractivity contribution in [2.24, 2.45) is 0 Å². The van der Waals surface area contributed by atoms with Crippen molar-refractivity contribution in [1.82, 2.24) is 15.0 Å². The van der Waals surface area contributed by atoms with Crippen LogP contribution in [-0.4, -0.2) is 41.7 Å². The molecule has 0 saturated heterocycles. The fourth-order valence-electron chi connectivity index (χ4n) is 1.73. The molecule has 2 aromatic rings. The highest BCUT2D eigenvalue weighted by Crippen LogP contribution is 2.17. The summed E-state index contributed by atoms with van der Waals surface area (Å²) in [6.07, 6.45) is 0.301. The van der Waals surface area contributed by atoms with E-state index in [9.17, 15) is 9.18 Å². The first-order chi connectivity index (χ1) is 10.1. The molecule has 0 aliphatic heterocycles. The summed E-state index contributed by atoms with van der Waals surface area (Å²) in [4.78, 5) is 17.2. The highest BCUT2D eigenvalue weighted by atomic mass is 19.1. The number of methoxy groups -OCH3 is 1. The van der Waals surface area contributed by atoms with Crippen LogP contribution in [0.15, 0.2) is 28.8 Å². The van der Waals surface area contributed by atoms with E-state index in [4.69, 9.17) is 4.52 Å². The van der Waals surface area contributed by atoms with Crippen LogP contribution in [0.3, 0.4) is 0 Å². The molecule has 1 heterocycles. The Labute approximate surface area is 121 Å². The average molecular weight is 293 g/mol. The van der Waals surface area contributed by atoms with Gasteiger partial charge in [0.2, 0.25) is 0 Å². The minimum atomic E-state index is -0.318. The molecule has 0 radical (unpaired) electrons. The summed E-state index contributed by atoms with van der Waals surface area (Å²) >= 11 is 0. The first-order valence-corrected chi connectivity index (χ1v) is 6.42. The van der Waals surface area contributed by atoms with Gasteiger partial charge >= 0.3 is 5.97 Å². The fraction of sp³-hybridized carbons (Fsp3) is 0.357. The lowest BCUT2D eigenvalue weighted by Gasteiger charge is -2.12. The number of halogens is 1. The van der Waals surface area contributed by atoms with Crippen molar-refractivity contribution < 1.29 is 18.4 Å². The molecular formula is C14H16FN3O3. The number of esters is 1. The summed E-state index contributed by atoms with van der Waals surface area (Å²) in [5.41, 5.74) is 0.660. The fourth-order valence-corrected chi connectivity index (χ4v) is 1.73. The molecule has 0 aliphatic rings. The molecule has 0 N–H and O–H groups in total. The van der Waals surface area contributed by atoms with Crippen molar-refractivity contribution in [1.29, 1.82) is 0 Å². The zero-order valence-corrected chi connectivity index (χ0v) is 11.9. The first-order valence-electron chi connectivity index (χ1n) is 6.42. The SMILES string of the molecule is COC(=O)CCN(C)Cc1noc(-c2ccc(F)cc2)n1. The zero-order chi connectivity index (χ0) is 15.2. The maximum atomic E-state index is 12.8. The highest BCUT2D eigenvalue weighted by Gasteiger charge is 2.11. The van der Waals surface area contributed by atoms with Crippen LogP contribution in [0.25, 0.3) is 11.5 Å². The van der Waals surface area contributed by atoms with Gasteiger partial charge in [-0.25, -0.2) is 4.39 Å². The third-order valence-corrected chi connectivity index (χ3v) is 2.90. The van der Waals surface area contributed by atoms with Crippen LogP contribution in [0.4, 0.5) is 4.39 Å². The normalized spacial score (nSPS) is 10.9. The molecule has 0 saturated carbocycles. The van der Waals surface area contributed by atoms with E-state index in [1.807, 2.05) is 11.9 Å². The number of carbonyl (C=O) groups excluding carboxylic acids is 1. The summed E-state index contributed by atoms with van der Waals surface area (Å²) in [6, 6.07) is 5.82. The number of aromatic nitrogens is 2. The van der Waals surface area contributed by atoms with Gasteiger partial charge in [-0.3, -0.25) is 9.69 Å². The molecule has 0 bridgehead atoms. The summed E-state index contributed by atoms with van der Waals surface area (Å²) in [5.74, 6) is 0.260. The van der Waals surface area contributed by atoms with Crippen LogP contribution >= 0.6 is 0 Å². The van der Waals surface area contributed by atoms with Gasteiger partial charge in [-0.15, -0.1) is 0 Å². The summed E-state index contributed by atoms with van der Waals surface area (Å²) in [6.45, 7) is 0.981. The minimum Gasteiger partial charge on any atom is -0.469 e. The second kappa shape index (κ2) is 6.94. The Morgan fingerprint density at radius 2 is 2.10 bits per heavy atom. The predicted octanol–water partition coefficient (Wildman–Crippen LogP) is 1.87. The quantitative estimate of drug-likeness (QED) is 0.757. The Morgan fingerprint density at radius 3 is 2.76 bits per heavy atom. The van der Waals surface area contributed by atoms with Crippen molar-refractivity contribution in [2.45, 2.75) is 13.0 Å². The van der Waals surface area contributed by atoms with E-state index in [1.165, 1.54) is 19.2 Å². The lowest BCUT2D eigenvalue weighted by molar-refractivity contribution is -0.140. The standard InChI is InChI=1S/C14H16FN3O3/c1-18(8-7-13(19)20-2)9-12-16-14(21-17-12)10-3-5-11(15)6-4-10/h3-6H,7-9H2,1-2H3. The van der Waals surface area contributed by atoms with Crippen molar-refractivity contribution in [3.8, 4) is 11.5 Å². The van der Waals surface area contributed by atoms with E-state index in [0.717, 1.165) is 0 Å². The Morgan fingerprint density at radius 1 is 1.38 bits per heavy atom. The van der Waals surface area contributed by atoms with E-state index in [-0.39, 0.29) is 11.8 Å². The van der Waals surface area contributed by atoms with Crippen molar-refractivity contribution in [3.63, 3.8) is 0 Å². The minimum absolute atomic E-state index is 0.262. The number of benzene rings is 1. The molecule has 0 aliphatic carbocycles. The first kappa shape index (κ1) is 15.1. The number of carbonyl (C=O) groups is 1. The van der Waals surface area contributed by atoms with E-state index in [1.54, 1.807) is 12.1 Å². The number of nitrogens with zero attached hydrogens (tertiary/aromatic N) is 3. The molecule has 0 atom stereocenters. The van der Waals surface area contributed by atoms with Crippen molar-refractivity contribution in [2.75, 3.05) is 20.7 Å². The Hall–Kier alpha value is -2.28. The van der Waals surface area contributed by atoms with Crippen LogP contribution in [0.5, 0.6) is 0 Å². The molecule has 1 aromatic heterocycles. The van der Waals surface area contributed by atoms with Crippen LogP contribution < -0.4 is 0 Å².